The molecule has 1 aromatic heterocycles. The van der Waals surface area contributed by atoms with Gasteiger partial charge in [-0.1, -0.05) is 6.07 Å². The van der Waals surface area contributed by atoms with E-state index in [-0.39, 0.29) is 6.04 Å². The van der Waals surface area contributed by atoms with E-state index in [2.05, 4.69) is 30.1 Å². The van der Waals surface area contributed by atoms with Gasteiger partial charge in [-0.25, -0.2) is 0 Å². The fourth-order valence-electron chi connectivity index (χ4n) is 1.97. The van der Waals surface area contributed by atoms with Crippen LogP contribution in [0.15, 0.2) is 17.5 Å². The molecule has 1 unspecified atom stereocenters. The van der Waals surface area contributed by atoms with E-state index in [1.807, 2.05) is 18.4 Å². The van der Waals surface area contributed by atoms with Crippen molar-refractivity contribution in [2.45, 2.75) is 45.6 Å². The Kier molecular flexibility index (Phi) is 6.29. The minimum atomic E-state index is -4.14. The number of hydrogen-bond acceptors (Lipinski definition) is 3. The summed E-state index contributed by atoms with van der Waals surface area (Å²) in [4.78, 5) is 3.44. The molecule has 0 saturated heterocycles. The summed E-state index contributed by atoms with van der Waals surface area (Å²) in [5, 5.41) is 4.49. The zero-order valence-electron chi connectivity index (χ0n) is 11.5. The highest BCUT2D eigenvalue weighted by molar-refractivity contribution is 7.09. The second kappa shape index (κ2) is 7.26. The molecule has 0 amide bonds. The molecule has 0 aliphatic carbocycles. The van der Waals surface area contributed by atoms with Crippen LogP contribution in [0.25, 0.3) is 0 Å². The maximum atomic E-state index is 12.1. The third kappa shape index (κ3) is 6.40. The minimum Gasteiger partial charge on any atom is -0.307 e. The van der Waals surface area contributed by atoms with Crippen LogP contribution >= 0.6 is 11.3 Å². The van der Waals surface area contributed by atoms with Gasteiger partial charge in [-0.2, -0.15) is 13.2 Å². The summed E-state index contributed by atoms with van der Waals surface area (Å²) in [6, 6.07) is 4.40. The van der Waals surface area contributed by atoms with Crippen LogP contribution in [0, 0.1) is 0 Å². The van der Waals surface area contributed by atoms with E-state index in [0.717, 1.165) is 6.54 Å². The standard InChI is InChI=1S/C13H21F3N2S/c1-10(2)18(8-12-5-4-6-19-12)11(3)7-17-9-13(14,15)16/h4-6,10-11,17H,7-9H2,1-3H3. The third-order valence-electron chi connectivity index (χ3n) is 2.91. The average Bonchev–Trinajstić information content (AvgIpc) is 2.76. The lowest BCUT2D eigenvalue weighted by molar-refractivity contribution is -0.125. The van der Waals surface area contributed by atoms with Crippen molar-refractivity contribution in [2.24, 2.45) is 0 Å². The number of rotatable bonds is 7. The van der Waals surface area contributed by atoms with Gasteiger partial charge in [0, 0.05) is 30.1 Å². The van der Waals surface area contributed by atoms with Gasteiger partial charge in [-0.15, -0.1) is 11.3 Å². The lowest BCUT2D eigenvalue weighted by Gasteiger charge is -2.32. The van der Waals surface area contributed by atoms with Gasteiger partial charge in [-0.3, -0.25) is 4.90 Å². The van der Waals surface area contributed by atoms with Crippen LogP contribution in [-0.4, -0.2) is 36.2 Å². The summed E-state index contributed by atoms with van der Waals surface area (Å²) in [6.07, 6.45) is -4.14. The first-order chi connectivity index (χ1) is 8.79. The first kappa shape index (κ1) is 16.5. The summed E-state index contributed by atoms with van der Waals surface area (Å²) in [5.74, 6) is 0. The minimum absolute atomic E-state index is 0.0597. The predicted octanol–water partition coefficient (Wildman–Crippen LogP) is 3.50. The smallest absolute Gasteiger partial charge is 0.307 e. The molecule has 1 N–H and O–H groups in total. The molecule has 0 fully saturated rings. The Morgan fingerprint density at radius 2 is 2.00 bits per heavy atom. The molecule has 0 aliphatic rings. The Balaban J connectivity index is 2.47. The number of halogens is 3. The molecule has 1 atom stereocenters. The van der Waals surface area contributed by atoms with Crippen molar-refractivity contribution in [3.05, 3.63) is 22.4 Å². The molecular weight excluding hydrogens is 273 g/mol. The van der Waals surface area contributed by atoms with Gasteiger partial charge in [0.2, 0.25) is 0 Å². The Morgan fingerprint density at radius 3 is 2.47 bits per heavy atom. The van der Waals surface area contributed by atoms with Gasteiger partial charge in [-0.05, 0) is 32.2 Å². The Labute approximate surface area is 116 Å². The summed E-state index contributed by atoms with van der Waals surface area (Å²) < 4.78 is 36.3. The first-order valence-electron chi connectivity index (χ1n) is 6.35. The number of nitrogens with zero attached hydrogens (tertiary/aromatic N) is 1. The summed E-state index contributed by atoms with van der Waals surface area (Å²) in [7, 11) is 0. The van der Waals surface area contributed by atoms with Crippen LogP contribution < -0.4 is 5.32 Å². The second-order valence-electron chi connectivity index (χ2n) is 4.94. The predicted molar refractivity (Wildman–Crippen MR) is 73.4 cm³/mol. The summed E-state index contributed by atoms with van der Waals surface area (Å²) >= 11 is 1.67. The number of alkyl halides is 3. The molecule has 1 rings (SSSR count). The van der Waals surface area contributed by atoms with Gasteiger partial charge >= 0.3 is 6.18 Å². The van der Waals surface area contributed by atoms with Gasteiger partial charge in [0.25, 0.3) is 0 Å². The van der Waals surface area contributed by atoms with Crippen LogP contribution in [-0.2, 0) is 6.54 Å². The van der Waals surface area contributed by atoms with Gasteiger partial charge in [0.1, 0.15) is 0 Å². The van der Waals surface area contributed by atoms with Gasteiger partial charge in [0.15, 0.2) is 0 Å². The third-order valence-corrected chi connectivity index (χ3v) is 3.77. The van der Waals surface area contributed by atoms with Crippen LogP contribution in [0.3, 0.4) is 0 Å². The van der Waals surface area contributed by atoms with Crippen molar-refractivity contribution in [2.75, 3.05) is 13.1 Å². The maximum Gasteiger partial charge on any atom is 0.401 e. The molecule has 0 aliphatic heterocycles. The average molecular weight is 294 g/mol. The highest BCUT2D eigenvalue weighted by atomic mass is 32.1. The van der Waals surface area contributed by atoms with Crippen molar-refractivity contribution < 1.29 is 13.2 Å². The van der Waals surface area contributed by atoms with Crippen molar-refractivity contribution >= 4 is 11.3 Å². The highest BCUT2D eigenvalue weighted by Gasteiger charge is 2.27. The Morgan fingerprint density at radius 1 is 1.32 bits per heavy atom. The normalized spacial score (nSPS) is 14.3. The molecule has 0 bridgehead atoms. The fourth-order valence-corrected chi connectivity index (χ4v) is 2.68. The second-order valence-corrected chi connectivity index (χ2v) is 5.97. The Bertz CT molecular complexity index is 349. The zero-order valence-corrected chi connectivity index (χ0v) is 12.3. The maximum absolute atomic E-state index is 12.1. The molecule has 1 heterocycles. The van der Waals surface area contributed by atoms with E-state index in [0.29, 0.717) is 12.6 Å². The topological polar surface area (TPSA) is 15.3 Å². The first-order valence-corrected chi connectivity index (χ1v) is 7.23. The van der Waals surface area contributed by atoms with Crippen molar-refractivity contribution in [3.63, 3.8) is 0 Å². The molecule has 2 nitrogen and oxygen atoms in total. The highest BCUT2D eigenvalue weighted by Crippen LogP contribution is 2.17. The molecule has 0 aromatic carbocycles. The van der Waals surface area contributed by atoms with E-state index < -0.39 is 12.7 Å². The molecule has 0 radical (unpaired) electrons. The summed E-state index contributed by atoms with van der Waals surface area (Å²) in [5.41, 5.74) is 0. The largest absolute Gasteiger partial charge is 0.401 e. The van der Waals surface area contributed by atoms with Crippen LogP contribution in [0.1, 0.15) is 25.6 Å². The Hall–Kier alpha value is -0.590. The molecule has 6 heteroatoms. The van der Waals surface area contributed by atoms with Crippen molar-refractivity contribution in [1.29, 1.82) is 0 Å². The lowest BCUT2D eigenvalue weighted by atomic mass is 10.2. The number of thiophene rings is 1. The van der Waals surface area contributed by atoms with Gasteiger partial charge < -0.3 is 5.32 Å². The molecule has 1 aromatic rings. The van der Waals surface area contributed by atoms with Crippen LogP contribution in [0.5, 0.6) is 0 Å². The van der Waals surface area contributed by atoms with Crippen molar-refractivity contribution in [3.8, 4) is 0 Å². The monoisotopic (exact) mass is 294 g/mol. The lowest BCUT2D eigenvalue weighted by Crippen LogP contribution is -2.45. The SMILES string of the molecule is CC(C)N(Cc1cccs1)C(C)CNCC(F)(F)F. The van der Waals surface area contributed by atoms with Crippen LogP contribution in [0.4, 0.5) is 13.2 Å². The number of hydrogen-bond donors (Lipinski definition) is 1. The molecule has 19 heavy (non-hydrogen) atoms. The quantitative estimate of drug-likeness (QED) is 0.828. The molecular formula is C13H21F3N2S. The number of nitrogens with one attached hydrogen (secondary N) is 1. The summed E-state index contributed by atoms with van der Waals surface area (Å²) in [6.45, 7) is 6.27. The van der Waals surface area contributed by atoms with Gasteiger partial charge in [0.05, 0.1) is 6.54 Å². The van der Waals surface area contributed by atoms with Crippen molar-refractivity contribution in [1.82, 2.24) is 10.2 Å². The molecule has 0 spiro atoms. The van der Waals surface area contributed by atoms with E-state index >= 15 is 0 Å². The van der Waals surface area contributed by atoms with E-state index in [1.165, 1.54) is 4.88 Å². The van der Waals surface area contributed by atoms with E-state index in [4.69, 9.17) is 0 Å². The molecule has 110 valence electrons. The zero-order chi connectivity index (χ0) is 14.5. The van der Waals surface area contributed by atoms with E-state index in [1.54, 1.807) is 11.3 Å². The van der Waals surface area contributed by atoms with E-state index in [9.17, 15) is 13.2 Å². The molecule has 0 saturated carbocycles. The fraction of sp³-hybridized carbons (Fsp3) is 0.692. The van der Waals surface area contributed by atoms with Crippen LogP contribution in [0.2, 0.25) is 0 Å².